The minimum Gasteiger partial charge on any atom is -0.497 e. The molecule has 96 valence electrons. The van der Waals surface area contributed by atoms with Crippen LogP contribution in [-0.2, 0) is 0 Å². The van der Waals surface area contributed by atoms with Crippen LogP contribution in [0.15, 0.2) is 40.8 Å². The Hall–Kier alpha value is -2.25. The van der Waals surface area contributed by atoms with E-state index in [4.69, 9.17) is 26.0 Å². The van der Waals surface area contributed by atoms with Crippen molar-refractivity contribution in [3.8, 4) is 11.8 Å². The molecule has 0 radical (unpaired) electrons. The number of carbonyl (C=O) groups excluding carboxylic acids is 1. The van der Waals surface area contributed by atoms with Gasteiger partial charge in [0.05, 0.1) is 13.2 Å². The highest BCUT2D eigenvalue weighted by molar-refractivity contribution is 6.29. The normalized spacial score (nSPS) is 11.6. The van der Waals surface area contributed by atoms with Crippen molar-refractivity contribution in [2.45, 2.75) is 5.92 Å². The first-order chi connectivity index (χ1) is 9.15. The number of nitrogens with zero attached hydrogens (tertiary/aromatic N) is 1. The number of hydrogen-bond donors (Lipinski definition) is 0. The second-order valence-electron chi connectivity index (χ2n) is 3.80. The Morgan fingerprint density at radius 2 is 2.00 bits per heavy atom. The summed E-state index contributed by atoms with van der Waals surface area (Å²) in [7, 11) is 1.55. The first kappa shape index (κ1) is 13.2. The third-order valence-corrected chi connectivity index (χ3v) is 2.86. The molecule has 2 rings (SSSR count). The van der Waals surface area contributed by atoms with Crippen molar-refractivity contribution in [2.24, 2.45) is 0 Å². The Kier molecular flexibility index (Phi) is 3.88. The number of furan rings is 1. The zero-order valence-electron chi connectivity index (χ0n) is 10.1. The molecule has 0 aliphatic carbocycles. The Bertz CT molecular complexity index is 625. The number of Topliss-reactive ketones (excluding diaryl/α,β-unsaturated/α-hetero) is 1. The van der Waals surface area contributed by atoms with Gasteiger partial charge < -0.3 is 9.15 Å². The highest BCUT2D eigenvalue weighted by Gasteiger charge is 2.24. The Labute approximate surface area is 115 Å². The molecular formula is C14H10ClNO3. The number of carbonyl (C=O) groups is 1. The molecule has 0 amide bonds. The summed E-state index contributed by atoms with van der Waals surface area (Å²) in [6.45, 7) is 0. The van der Waals surface area contributed by atoms with Crippen LogP contribution in [0.3, 0.4) is 0 Å². The maximum absolute atomic E-state index is 12.1. The van der Waals surface area contributed by atoms with Gasteiger partial charge in [-0.2, -0.15) is 5.26 Å². The van der Waals surface area contributed by atoms with Crippen molar-refractivity contribution in [1.82, 2.24) is 0 Å². The minimum absolute atomic E-state index is 0.0763. The number of nitriles is 1. The van der Waals surface area contributed by atoms with Crippen LogP contribution in [0.5, 0.6) is 5.75 Å². The van der Waals surface area contributed by atoms with E-state index in [0.29, 0.717) is 11.3 Å². The summed E-state index contributed by atoms with van der Waals surface area (Å²) in [6.07, 6.45) is 0. The summed E-state index contributed by atoms with van der Waals surface area (Å²) >= 11 is 5.62. The lowest BCUT2D eigenvalue weighted by atomic mass is 9.95. The van der Waals surface area contributed by atoms with E-state index in [2.05, 4.69) is 0 Å². The van der Waals surface area contributed by atoms with Gasteiger partial charge in [-0.15, -0.1) is 0 Å². The smallest absolute Gasteiger partial charge is 0.219 e. The number of ketones is 1. The van der Waals surface area contributed by atoms with E-state index < -0.39 is 11.7 Å². The fourth-order valence-corrected chi connectivity index (χ4v) is 1.82. The molecular weight excluding hydrogens is 266 g/mol. The molecule has 0 fully saturated rings. The van der Waals surface area contributed by atoms with E-state index in [1.165, 1.54) is 12.1 Å². The van der Waals surface area contributed by atoms with Gasteiger partial charge in [-0.25, -0.2) is 0 Å². The maximum atomic E-state index is 12.1. The maximum Gasteiger partial charge on any atom is 0.219 e. The van der Waals surface area contributed by atoms with E-state index in [1.54, 1.807) is 31.4 Å². The summed E-state index contributed by atoms with van der Waals surface area (Å²) in [5.74, 6) is -0.603. The number of benzene rings is 1. The van der Waals surface area contributed by atoms with Gasteiger partial charge in [0.1, 0.15) is 11.7 Å². The fourth-order valence-electron chi connectivity index (χ4n) is 1.67. The van der Waals surface area contributed by atoms with Crippen molar-refractivity contribution in [2.75, 3.05) is 7.11 Å². The molecule has 0 aliphatic rings. The van der Waals surface area contributed by atoms with Crippen LogP contribution in [-0.4, -0.2) is 12.9 Å². The highest BCUT2D eigenvalue weighted by Crippen LogP contribution is 2.24. The van der Waals surface area contributed by atoms with Gasteiger partial charge in [-0.1, -0.05) is 12.1 Å². The molecule has 1 aromatic carbocycles. The minimum atomic E-state index is -0.923. The van der Waals surface area contributed by atoms with E-state index in [0.717, 1.165) is 0 Å². The van der Waals surface area contributed by atoms with E-state index in [1.807, 2.05) is 6.07 Å². The number of halogens is 1. The first-order valence-electron chi connectivity index (χ1n) is 5.49. The third-order valence-electron chi connectivity index (χ3n) is 2.66. The van der Waals surface area contributed by atoms with Crippen LogP contribution in [0.1, 0.15) is 22.0 Å². The van der Waals surface area contributed by atoms with Gasteiger partial charge in [0.15, 0.2) is 11.0 Å². The highest BCUT2D eigenvalue weighted by atomic mass is 35.5. The lowest BCUT2D eigenvalue weighted by Crippen LogP contribution is -2.10. The standard InChI is InChI=1S/C14H10ClNO3/c1-18-10-4-2-9(3-5-10)11(8-16)14(17)12-6-7-13(15)19-12/h2-7,11H,1H3. The van der Waals surface area contributed by atoms with E-state index in [9.17, 15) is 4.79 Å². The monoisotopic (exact) mass is 275 g/mol. The van der Waals surface area contributed by atoms with Gasteiger partial charge in [0.25, 0.3) is 0 Å². The molecule has 0 saturated carbocycles. The summed E-state index contributed by atoms with van der Waals surface area (Å²) in [4.78, 5) is 12.1. The van der Waals surface area contributed by atoms with Crippen molar-refractivity contribution in [1.29, 1.82) is 5.26 Å². The predicted molar refractivity (Wildman–Crippen MR) is 69.4 cm³/mol. The largest absolute Gasteiger partial charge is 0.497 e. The van der Waals surface area contributed by atoms with Crippen LogP contribution in [0, 0.1) is 11.3 Å². The number of hydrogen-bond acceptors (Lipinski definition) is 4. The second-order valence-corrected chi connectivity index (χ2v) is 4.18. The Morgan fingerprint density at radius 1 is 1.32 bits per heavy atom. The van der Waals surface area contributed by atoms with Gasteiger partial charge in [0.2, 0.25) is 5.78 Å². The van der Waals surface area contributed by atoms with Crippen molar-refractivity contribution >= 4 is 17.4 Å². The molecule has 0 aliphatic heterocycles. The van der Waals surface area contributed by atoms with E-state index >= 15 is 0 Å². The molecule has 2 aromatic rings. The summed E-state index contributed by atoms with van der Waals surface area (Å²) in [5.41, 5.74) is 0.584. The molecule has 1 unspecified atom stereocenters. The second kappa shape index (κ2) is 5.59. The topological polar surface area (TPSA) is 63.2 Å². The van der Waals surface area contributed by atoms with Crippen molar-refractivity contribution in [3.05, 3.63) is 52.9 Å². The molecule has 19 heavy (non-hydrogen) atoms. The zero-order chi connectivity index (χ0) is 13.8. The van der Waals surface area contributed by atoms with Crippen LogP contribution < -0.4 is 4.74 Å². The van der Waals surface area contributed by atoms with Gasteiger partial charge in [-0.3, -0.25) is 4.79 Å². The molecule has 1 aromatic heterocycles. The van der Waals surface area contributed by atoms with Gasteiger partial charge in [0, 0.05) is 0 Å². The first-order valence-corrected chi connectivity index (χ1v) is 5.86. The van der Waals surface area contributed by atoms with Crippen molar-refractivity contribution in [3.63, 3.8) is 0 Å². The Morgan fingerprint density at radius 3 is 2.47 bits per heavy atom. The van der Waals surface area contributed by atoms with Crippen LogP contribution in [0.25, 0.3) is 0 Å². The molecule has 0 spiro atoms. The molecule has 0 bridgehead atoms. The quantitative estimate of drug-likeness (QED) is 0.802. The Balaban J connectivity index is 2.29. The van der Waals surface area contributed by atoms with E-state index in [-0.39, 0.29) is 11.0 Å². The fraction of sp³-hybridized carbons (Fsp3) is 0.143. The zero-order valence-corrected chi connectivity index (χ0v) is 10.8. The lowest BCUT2D eigenvalue weighted by molar-refractivity contribution is 0.0952. The number of rotatable bonds is 4. The molecule has 0 N–H and O–H groups in total. The lowest BCUT2D eigenvalue weighted by Gasteiger charge is -2.07. The van der Waals surface area contributed by atoms with Crippen molar-refractivity contribution < 1.29 is 13.9 Å². The molecule has 5 heteroatoms. The molecule has 1 atom stereocenters. The van der Waals surface area contributed by atoms with Crippen LogP contribution in [0.2, 0.25) is 5.22 Å². The number of ether oxygens (including phenoxy) is 1. The van der Waals surface area contributed by atoms with Crippen LogP contribution in [0.4, 0.5) is 0 Å². The molecule has 1 heterocycles. The third kappa shape index (κ3) is 2.78. The summed E-state index contributed by atoms with van der Waals surface area (Å²) in [5, 5.41) is 9.29. The predicted octanol–water partition coefficient (Wildman–Crippen LogP) is 3.43. The summed E-state index contributed by atoms with van der Waals surface area (Å²) in [6, 6.07) is 11.6. The van der Waals surface area contributed by atoms with Gasteiger partial charge in [-0.05, 0) is 41.4 Å². The molecule has 0 saturated heterocycles. The average molecular weight is 276 g/mol. The van der Waals surface area contributed by atoms with Crippen LogP contribution >= 0.6 is 11.6 Å². The average Bonchev–Trinajstić information content (AvgIpc) is 2.87. The number of methoxy groups -OCH3 is 1. The SMILES string of the molecule is COc1ccc(C(C#N)C(=O)c2ccc(Cl)o2)cc1. The molecule has 4 nitrogen and oxygen atoms in total. The van der Waals surface area contributed by atoms with Gasteiger partial charge >= 0.3 is 0 Å². The summed E-state index contributed by atoms with van der Waals surface area (Å²) < 4.78 is 10.1.